The van der Waals surface area contributed by atoms with Crippen LogP contribution in [0.1, 0.15) is 51.5 Å². The molecule has 27 heavy (non-hydrogen) atoms. The molecule has 0 aromatic heterocycles. The molecule has 0 spiro atoms. The number of carboxylic acids is 1. The number of benzene rings is 1. The number of halogens is 2. The summed E-state index contributed by atoms with van der Waals surface area (Å²) >= 11 is 12.6. The Hall–Kier alpha value is -1.66. The van der Waals surface area contributed by atoms with Crippen LogP contribution in [0, 0.1) is 0 Å². The SMILES string of the molecule is COc1ccc(Cl)c(Cl)c1[C@H]1CCN(C(=O)OC(C)(C)C)[C@@H](CC(=O)O)C1. The summed E-state index contributed by atoms with van der Waals surface area (Å²) < 4.78 is 10.9. The van der Waals surface area contributed by atoms with Gasteiger partial charge in [0.15, 0.2) is 0 Å². The molecule has 1 aliphatic rings. The van der Waals surface area contributed by atoms with Crippen molar-refractivity contribution in [2.24, 2.45) is 0 Å². The normalized spacial score (nSPS) is 20.3. The molecule has 0 unspecified atom stereocenters. The number of hydrogen-bond acceptors (Lipinski definition) is 4. The predicted molar refractivity (Wildman–Crippen MR) is 104 cm³/mol. The van der Waals surface area contributed by atoms with E-state index in [1.54, 1.807) is 40.0 Å². The third kappa shape index (κ3) is 5.42. The fourth-order valence-corrected chi connectivity index (χ4v) is 3.85. The van der Waals surface area contributed by atoms with Crippen LogP contribution in [0.15, 0.2) is 12.1 Å². The van der Waals surface area contributed by atoms with E-state index in [4.69, 9.17) is 32.7 Å². The smallest absolute Gasteiger partial charge is 0.410 e. The summed E-state index contributed by atoms with van der Waals surface area (Å²) in [4.78, 5) is 25.4. The monoisotopic (exact) mass is 417 g/mol. The van der Waals surface area contributed by atoms with Gasteiger partial charge < -0.3 is 19.5 Å². The van der Waals surface area contributed by atoms with Gasteiger partial charge in [0, 0.05) is 18.2 Å². The van der Waals surface area contributed by atoms with Crippen molar-refractivity contribution in [1.29, 1.82) is 0 Å². The topological polar surface area (TPSA) is 76.1 Å². The van der Waals surface area contributed by atoms with E-state index < -0.39 is 23.7 Å². The number of amides is 1. The molecule has 1 saturated heterocycles. The molecule has 1 fully saturated rings. The molecule has 0 aliphatic carbocycles. The first-order valence-corrected chi connectivity index (χ1v) is 9.52. The molecule has 2 atom stereocenters. The van der Waals surface area contributed by atoms with Crippen LogP contribution in [0.5, 0.6) is 5.75 Å². The van der Waals surface area contributed by atoms with E-state index in [2.05, 4.69) is 0 Å². The van der Waals surface area contributed by atoms with Gasteiger partial charge in [-0.25, -0.2) is 4.79 Å². The Balaban J connectivity index is 2.30. The van der Waals surface area contributed by atoms with Gasteiger partial charge in [0.25, 0.3) is 0 Å². The third-order valence-electron chi connectivity index (χ3n) is 4.47. The van der Waals surface area contributed by atoms with E-state index in [0.29, 0.717) is 35.2 Å². The highest BCUT2D eigenvalue weighted by atomic mass is 35.5. The van der Waals surface area contributed by atoms with Gasteiger partial charge in [0.05, 0.1) is 23.6 Å². The van der Waals surface area contributed by atoms with Gasteiger partial charge in [-0.1, -0.05) is 23.2 Å². The van der Waals surface area contributed by atoms with Crippen LogP contribution >= 0.6 is 23.2 Å². The fourth-order valence-electron chi connectivity index (χ4n) is 3.38. The van der Waals surface area contributed by atoms with E-state index >= 15 is 0 Å². The average molecular weight is 418 g/mol. The highest BCUT2D eigenvalue weighted by Gasteiger charge is 2.37. The van der Waals surface area contributed by atoms with Gasteiger partial charge >= 0.3 is 12.1 Å². The number of ether oxygens (including phenoxy) is 2. The fraction of sp³-hybridized carbons (Fsp3) is 0.579. The number of aliphatic carboxylic acids is 1. The van der Waals surface area contributed by atoms with Crippen LogP contribution in [-0.4, -0.2) is 47.4 Å². The number of piperidine rings is 1. The van der Waals surface area contributed by atoms with Gasteiger partial charge in [0.1, 0.15) is 11.4 Å². The van der Waals surface area contributed by atoms with Crippen molar-refractivity contribution in [2.45, 2.75) is 57.6 Å². The second-order valence-electron chi connectivity index (χ2n) is 7.62. The molecule has 1 aromatic carbocycles. The minimum atomic E-state index is -0.974. The summed E-state index contributed by atoms with van der Waals surface area (Å²) in [7, 11) is 1.55. The molecule has 0 bridgehead atoms. The van der Waals surface area contributed by atoms with Crippen LogP contribution in [0.3, 0.4) is 0 Å². The van der Waals surface area contributed by atoms with Gasteiger partial charge in [-0.15, -0.1) is 0 Å². The van der Waals surface area contributed by atoms with Crippen LogP contribution in [-0.2, 0) is 9.53 Å². The van der Waals surface area contributed by atoms with E-state index in [9.17, 15) is 14.7 Å². The number of hydrogen-bond donors (Lipinski definition) is 1. The number of carbonyl (C=O) groups is 2. The Morgan fingerprint density at radius 3 is 2.52 bits per heavy atom. The molecule has 1 amide bonds. The number of nitrogens with zero attached hydrogens (tertiary/aromatic N) is 1. The molecule has 150 valence electrons. The van der Waals surface area contributed by atoms with Crippen molar-refractivity contribution in [3.8, 4) is 5.75 Å². The molecular weight excluding hydrogens is 393 g/mol. The maximum Gasteiger partial charge on any atom is 0.410 e. The van der Waals surface area contributed by atoms with E-state index in [1.807, 2.05) is 0 Å². The largest absolute Gasteiger partial charge is 0.496 e. The molecule has 1 aliphatic heterocycles. The number of carbonyl (C=O) groups excluding carboxylic acids is 1. The van der Waals surface area contributed by atoms with Gasteiger partial charge in [0.2, 0.25) is 0 Å². The van der Waals surface area contributed by atoms with Crippen molar-refractivity contribution >= 4 is 35.3 Å². The Morgan fingerprint density at radius 2 is 1.96 bits per heavy atom. The number of likely N-dealkylation sites (tertiary alicyclic amines) is 1. The molecule has 1 heterocycles. The Morgan fingerprint density at radius 1 is 1.30 bits per heavy atom. The average Bonchev–Trinajstić information content (AvgIpc) is 2.54. The van der Waals surface area contributed by atoms with Gasteiger partial charge in [-0.3, -0.25) is 4.79 Å². The van der Waals surface area contributed by atoms with Crippen molar-refractivity contribution in [3.63, 3.8) is 0 Å². The predicted octanol–water partition coefficient (Wildman–Crippen LogP) is 4.96. The highest BCUT2D eigenvalue weighted by Crippen LogP contribution is 2.44. The molecule has 8 heteroatoms. The lowest BCUT2D eigenvalue weighted by molar-refractivity contribution is -0.138. The van der Waals surface area contributed by atoms with Crippen LogP contribution < -0.4 is 4.74 Å². The Labute approximate surface area is 169 Å². The second kappa shape index (κ2) is 8.57. The van der Waals surface area contributed by atoms with E-state index in [-0.39, 0.29) is 12.3 Å². The van der Waals surface area contributed by atoms with Gasteiger partial charge in [-0.2, -0.15) is 0 Å². The summed E-state index contributed by atoms with van der Waals surface area (Å²) in [6.45, 7) is 5.70. The molecule has 6 nitrogen and oxygen atoms in total. The van der Waals surface area contributed by atoms with E-state index in [0.717, 1.165) is 5.56 Å². The van der Waals surface area contributed by atoms with Crippen molar-refractivity contribution in [3.05, 3.63) is 27.7 Å². The molecular formula is C19H25Cl2NO5. The van der Waals surface area contributed by atoms with Crippen molar-refractivity contribution in [1.82, 2.24) is 4.90 Å². The van der Waals surface area contributed by atoms with Crippen LogP contribution in [0.2, 0.25) is 10.0 Å². The molecule has 0 saturated carbocycles. The minimum Gasteiger partial charge on any atom is -0.496 e. The first-order valence-electron chi connectivity index (χ1n) is 8.76. The lowest BCUT2D eigenvalue weighted by atomic mass is 9.84. The number of rotatable bonds is 4. The summed E-state index contributed by atoms with van der Waals surface area (Å²) in [5, 5.41) is 10.1. The number of methoxy groups -OCH3 is 1. The van der Waals surface area contributed by atoms with Crippen molar-refractivity contribution < 1.29 is 24.2 Å². The zero-order chi connectivity index (χ0) is 20.4. The zero-order valence-corrected chi connectivity index (χ0v) is 17.4. The van der Waals surface area contributed by atoms with Gasteiger partial charge in [-0.05, 0) is 51.7 Å². The standard InChI is InChI=1S/C19H25Cl2NO5/c1-19(2,3)27-18(25)22-8-7-11(9-12(22)10-15(23)24)16-14(26-4)6-5-13(20)17(16)21/h5-6,11-12H,7-10H2,1-4H3,(H,23,24)/t11-,12+/m0/s1. The van der Waals surface area contributed by atoms with Crippen molar-refractivity contribution in [2.75, 3.05) is 13.7 Å². The first-order chi connectivity index (χ1) is 12.5. The maximum absolute atomic E-state index is 12.5. The van der Waals surface area contributed by atoms with Crippen LogP contribution in [0.25, 0.3) is 0 Å². The quantitative estimate of drug-likeness (QED) is 0.748. The Kier molecular flexibility index (Phi) is 6.87. The Bertz CT molecular complexity index is 717. The highest BCUT2D eigenvalue weighted by molar-refractivity contribution is 6.42. The maximum atomic E-state index is 12.5. The third-order valence-corrected chi connectivity index (χ3v) is 5.29. The summed E-state index contributed by atoms with van der Waals surface area (Å²) in [5.41, 5.74) is 0.104. The molecule has 1 aromatic rings. The lowest BCUT2D eigenvalue weighted by Gasteiger charge is -2.40. The van der Waals surface area contributed by atoms with E-state index in [1.165, 1.54) is 4.90 Å². The summed E-state index contributed by atoms with van der Waals surface area (Å²) in [6.07, 6.45) is 0.362. The molecule has 0 radical (unpaired) electrons. The molecule has 1 N–H and O–H groups in total. The molecule has 2 rings (SSSR count). The van der Waals surface area contributed by atoms with Crippen LogP contribution in [0.4, 0.5) is 4.79 Å². The minimum absolute atomic E-state index is 0.0748. The first kappa shape index (κ1) is 21.6. The number of carboxylic acid groups (broad SMARTS) is 1. The second-order valence-corrected chi connectivity index (χ2v) is 8.41. The summed E-state index contributed by atoms with van der Waals surface area (Å²) in [5.74, 6) is -0.443. The zero-order valence-electron chi connectivity index (χ0n) is 15.9. The summed E-state index contributed by atoms with van der Waals surface area (Å²) in [6, 6.07) is 2.91. The lowest BCUT2D eigenvalue weighted by Crippen LogP contribution is -2.48.